The first-order valence-corrected chi connectivity index (χ1v) is 9.92. The maximum atomic E-state index is 3.81. The van der Waals surface area contributed by atoms with Crippen LogP contribution in [0.3, 0.4) is 0 Å². The van der Waals surface area contributed by atoms with Gasteiger partial charge in [0.1, 0.15) is 11.6 Å². The van der Waals surface area contributed by atoms with E-state index in [9.17, 15) is 0 Å². The highest BCUT2D eigenvalue weighted by Gasteiger charge is 2.37. The average molecular weight is 412 g/mol. The maximum absolute atomic E-state index is 3.81. The molecule has 2 nitrogen and oxygen atoms in total. The van der Waals surface area contributed by atoms with Crippen LogP contribution < -0.4 is 4.58 Å². The van der Waals surface area contributed by atoms with E-state index >= 15 is 0 Å². The van der Waals surface area contributed by atoms with Gasteiger partial charge < -0.3 is 4.57 Å². The topological polar surface area (TPSA) is 7.94 Å². The van der Waals surface area contributed by atoms with E-state index in [1.165, 1.54) is 38.9 Å². The van der Waals surface area contributed by atoms with Gasteiger partial charge in [-0.05, 0) is 12.1 Å². The van der Waals surface area contributed by atoms with E-state index in [2.05, 4.69) is 116 Å². The van der Waals surface area contributed by atoms with Crippen LogP contribution in [0.2, 0.25) is 0 Å². The predicted octanol–water partition coefficient (Wildman–Crippen LogP) is 6.51. The molecule has 0 amide bonds. The van der Waals surface area contributed by atoms with Crippen LogP contribution in [-0.4, -0.2) is 10.3 Å². The van der Waals surface area contributed by atoms with Crippen LogP contribution in [0.4, 0.5) is 11.4 Å². The van der Waals surface area contributed by atoms with Crippen molar-refractivity contribution in [2.45, 2.75) is 6.04 Å². The molecule has 2 heterocycles. The maximum Gasteiger partial charge on any atom is 0.236 e. The van der Waals surface area contributed by atoms with Gasteiger partial charge in [-0.3, -0.25) is 0 Å². The van der Waals surface area contributed by atoms with Gasteiger partial charge in [0.05, 0.1) is 5.52 Å². The van der Waals surface area contributed by atoms with E-state index in [1.54, 1.807) is 0 Å². The molecule has 128 valence electrons. The van der Waals surface area contributed by atoms with Crippen LogP contribution in [0, 0.1) is 0 Å². The molecule has 0 saturated heterocycles. The van der Waals surface area contributed by atoms with Crippen LogP contribution >= 0.6 is 15.9 Å². The highest BCUT2D eigenvalue weighted by molar-refractivity contribution is 9.10. The largest absolute Gasteiger partial charge is 0.318 e. The summed E-state index contributed by atoms with van der Waals surface area (Å²) in [7, 11) is 0. The monoisotopic (exact) mass is 411 g/mol. The molecular weight excluding hydrogens is 396 g/mol. The summed E-state index contributed by atoms with van der Waals surface area (Å²) in [6, 6.07) is 23.9. The van der Waals surface area contributed by atoms with Crippen LogP contribution in [0.25, 0.3) is 21.8 Å². The van der Waals surface area contributed by atoms with Crippen molar-refractivity contribution in [3.8, 4) is 0 Å². The Bertz CT molecular complexity index is 1320. The summed E-state index contributed by atoms with van der Waals surface area (Å²) in [5.41, 5.74) is 6.25. The molecule has 0 N–H and O–H groups in total. The highest BCUT2D eigenvalue weighted by atomic mass is 79.9. The number of para-hydroxylation sites is 2. The quantitative estimate of drug-likeness (QED) is 0.315. The van der Waals surface area contributed by atoms with Crippen molar-refractivity contribution in [2.75, 3.05) is 0 Å². The summed E-state index contributed by atoms with van der Waals surface area (Å²) in [4.78, 5) is 0. The standard InChI is InChI=1S/C24H16BrN2/c25-18-14-15-22-24-23(18)17-10-4-5-11-19(17)27(24)21-13-7-6-12-20(21)26(22)16-8-2-1-3-9-16/h1-15,21H/q+1. The highest BCUT2D eigenvalue weighted by Crippen LogP contribution is 2.45. The summed E-state index contributed by atoms with van der Waals surface area (Å²) < 4.78 is 6.03. The Morgan fingerprint density at radius 1 is 0.852 bits per heavy atom. The zero-order valence-electron chi connectivity index (χ0n) is 14.5. The predicted molar refractivity (Wildman–Crippen MR) is 117 cm³/mol. The molecule has 1 atom stereocenters. The minimum atomic E-state index is 0.180. The van der Waals surface area contributed by atoms with Crippen LogP contribution in [0.15, 0.2) is 95.5 Å². The number of benzene rings is 3. The average Bonchev–Trinajstić information content (AvgIpc) is 3.08. The van der Waals surface area contributed by atoms with Gasteiger partial charge in [0, 0.05) is 39.5 Å². The molecule has 1 aliphatic carbocycles. The molecule has 0 bridgehead atoms. The summed E-state index contributed by atoms with van der Waals surface area (Å²) in [6.45, 7) is 0. The molecule has 1 aromatic heterocycles. The number of aromatic nitrogens is 1. The van der Waals surface area contributed by atoms with E-state index in [0.29, 0.717) is 0 Å². The summed E-state index contributed by atoms with van der Waals surface area (Å²) in [6.07, 6.45) is 8.82. The number of hydrogen-bond acceptors (Lipinski definition) is 0. The molecule has 0 saturated carbocycles. The van der Waals surface area contributed by atoms with Crippen molar-refractivity contribution in [3.05, 3.63) is 95.5 Å². The van der Waals surface area contributed by atoms with Gasteiger partial charge in [-0.2, -0.15) is 4.58 Å². The van der Waals surface area contributed by atoms with E-state index in [-0.39, 0.29) is 6.04 Å². The molecule has 3 heteroatoms. The lowest BCUT2D eigenvalue weighted by Crippen LogP contribution is -2.30. The molecular formula is C24H16BrN2+. The fourth-order valence-corrected chi connectivity index (χ4v) is 5.02. The fraction of sp³-hybridized carbons (Fsp3) is 0.0417. The molecule has 0 spiro atoms. The van der Waals surface area contributed by atoms with Gasteiger partial charge >= 0.3 is 0 Å². The normalized spacial score (nSPS) is 17.7. The van der Waals surface area contributed by atoms with Gasteiger partial charge in [-0.25, -0.2) is 0 Å². The SMILES string of the molecule is Brc1ccc2c3c1c1ccccc1n3C1C=CC=CC1=[N+]2c1ccccc1. The Balaban J connectivity index is 1.85. The van der Waals surface area contributed by atoms with Gasteiger partial charge in [0.15, 0.2) is 0 Å². The van der Waals surface area contributed by atoms with Gasteiger partial charge in [-0.15, -0.1) is 0 Å². The van der Waals surface area contributed by atoms with Gasteiger partial charge in [0.2, 0.25) is 17.1 Å². The lowest BCUT2D eigenvalue weighted by molar-refractivity contribution is 0.781. The first-order chi connectivity index (χ1) is 13.3. The van der Waals surface area contributed by atoms with Crippen LogP contribution in [0.5, 0.6) is 0 Å². The zero-order chi connectivity index (χ0) is 18.0. The molecule has 0 radical (unpaired) electrons. The fourth-order valence-electron chi connectivity index (χ4n) is 4.49. The number of allylic oxidation sites excluding steroid dienone is 4. The summed E-state index contributed by atoms with van der Waals surface area (Å²) in [5.74, 6) is 0. The Morgan fingerprint density at radius 2 is 1.67 bits per heavy atom. The number of hydrogen-bond donors (Lipinski definition) is 0. The third kappa shape index (κ3) is 1.98. The Labute approximate surface area is 165 Å². The first kappa shape index (κ1) is 15.2. The van der Waals surface area contributed by atoms with Crippen molar-refractivity contribution >= 4 is 54.8 Å². The molecule has 1 aliphatic heterocycles. The second-order valence-corrected chi connectivity index (χ2v) is 7.82. The summed E-state index contributed by atoms with van der Waals surface area (Å²) in [5, 5.41) is 2.57. The molecule has 0 fully saturated rings. The van der Waals surface area contributed by atoms with Crippen LogP contribution in [-0.2, 0) is 0 Å². The number of fused-ring (bicyclic) bond motifs is 5. The Kier molecular flexibility index (Phi) is 3.12. The Morgan fingerprint density at radius 3 is 2.56 bits per heavy atom. The smallest absolute Gasteiger partial charge is 0.236 e. The summed E-state index contributed by atoms with van der Waals surface area (Å²) >= 11 is 3.81. The van der Waals surface area contributed by atoms with Gasteiger partial charge in [-0.1, -0.05) is 70.6 Å². The van der Waals surface area contributed by atoms with E-state index in [4.69, 9.17) is 0 Å². The van der Waals surface area contributed by atoms with Crippen molar-refractivity contribution < 1.29 is 0 Å². The van der Waals surface area contributed by atoms with Crippen molar-refractivity contribution in [1.29, 1.82) is 0 Å². The van der Waals surface area contributed by atoms with E-state index < -0.39 is 0 Å². The van der Waals surface area contributed by atoms with Crippen molar-refractivity contribution in [2.24, 2.45) is 0 Å². The van der Waals surface area contributed by atoms with E-state index in [1.807, 2.05) is 0 Å². The zero-order valence-corrected chi connectivity index (χ0v) is 16.1. The Hall–Kier alpha value is -2.91. The van der Waals surface area contributed by atoms with E-state index in [0.717, 1.165) is 4.47 Å². The second kappa shape index (κ2) is 5.54. The number of nitrogens with zero attached hydrogens (tertiary/aromatic N) is 2. The molecule has 6 rings (SSSR count). The van der Waals surface area contributed by atoms with Crippen LogP contribution in [0.1, 0.15) is 6.04 Å². The second-order valence-electron chi connectivity index (χ2n) is 6.96. The van der Waals surface area contributed by atoms with Crippen molar-refractivity contribution in [3.63, 3.8) is 0 Å². The lowest BCUT2D eigenvalue weighted by atomic mass is 10.0. The molecule has 27 heavy (non-hydrogen) atoms. The molecule has 4 aromatic rings. The minimum absolute atomic E-state index is 0.180. The lowest BCUT2D eigenvalue weighted by Gasteiger charge is -2.24. The number of rotatable bonds is 1. The molecule has 2 aliphatic rings. The van der Waals surface area contributed by atoms with Gasteiger partial charge in [0.25, 0.3) is 0 Å². The molecule has 3 aromatic carbocycles. The molecule has 1 unspecified atom stereocenters. The minimum Gasteiger partial charge on any atom is -0.318 e. The first-order valence-electron chi connectivity index (χ1n) is 9.12. The number of halogens is 1. The van der Waals surface area contributed by atoms with Crippen molar-refractivity contribution in [1.82, 2.24) is 9.14 Å². The third-order valence-electron chi connectivity index (χ3n) is 5.55. The third-order valence-corrected chi connectivity index (χ3v) is 6.21.